The number of halogens is 1. The van der Waals surface area contributed by atoms with Crippen LogP contribution in [0.3, 0.4) is 0 Å². The highest BCUT2D eigenvalue weighted by Crippen LogP contribution is 2.30. The van der Waals surface area contributed by atoms with E-state index in [-0.39, 0.29) is 5.75 Å². The maximum Gasteiger partial charge on any atom is 0.172 e. The van der Waals surface area contributed by atoms with Gasteiger partial charge in [-0.25, -0.2) is 19.0 Å². The summed E-state index contributed by atoms with van der Waals surface area (Å²) in [4.78, 5) is 8.15. The van der Waals surface area contributed by atoms with Gasteiger partial charge in [-0.15, -0.1) is 0 Å². The number of nitrogen functional groups attached to an aromatic ring is 1. The van der Waals surface area contributed by atoms with Gasteiger partial charge in [-0.1, -0.05) is 0 Å². The Labute approximate surface area is 123 Å². The van der Waals surface area contributed by atoms with Crippen LogP contribution in [0.1, 0.15) is 0 Å². The van der Waals surface area contributed by atoms with Crippen LogP contribution in [0.4, 0.5) is 10.2 Å². The Hall–Kier alpha value is -3.16. The Bertz CT molecular complexity index is 1030. The number of phenols is 1. The fraction of sp³-hybridized carbons (Fsp3) is 0.0714. The van der Waals surface area contributed by atoms with E-state index in [9.17, 15) is 9.50 Å². The SMILES string of the molecule is Cn1nc(-n2ccc3cc(O)c(F)cc32)c2c(N)ncnc21. The molecule has 0 saturated heterocycles. The third kappa shape index (κ3) is 1.57. The molecule has 0 bridgehead atoms. The first-order chi connectivity index (χ1) is 10.6. The molecule has 0 spiro atoms. The Morgan fingerprint density at radius 3 is 2.91 bits per heavy atom. The molecule has 0 aliphatic rings. The number of hydrogen-bond acceptors (Lipinski definition) is 5. The second-order valence-electron chi connectivity index (χ2n) is 4.95. The second kappa shape index (κ2) is 4.17. The highest BCUT2D eigenvalue weighted by molar-refractivity contribution is 5.94. The van der Waals surface area contributed by atoms with Gasteiger partial charge in [0.1, 0.15) is 17.5 Å². The summed E-state index contributed by atoms with van der Waals surface area (Å²) in [6, 6.07) is 4.38. The first kappa shape index (κ1) is 12.6. The molecule has 3 aromatic heterocycles. The van der Waals surface area contributed by atoms with Gasteiger partial charge in [0.05, 0.1) is 5.52 Å². The van der Waals surface area contributed by atoms with Crippen LogP contribution in [0, 0.1) is 5.82 Å². The number of rotatable bonds is 1. The largest absolute Gasteiger partial charge is 0.505 e. The summed E-state index contributed by atoms with van der Waals surface area (Å²) in [5.41, 5.74) is 7.10. The van der Waals surface area contributed by atoms with Crippen molar-refractivity contribution in [2.75, 3.05) is 5.73 Å². The zero-order chi connectivity index (χ0) is 15.4. The van der Waals surface area contributed by atoms with Crippen LogP contribution >= 0.6 is 0 Å². The third-order valence-electron chi connectivity index (χ3n) is 3.62. The van der Waals surface area contributed by atoms with Crippen molar-refractivity contribution in [1.29, 1.82) is 0 Å². The van der Waals surface area contributed by atoms with Gasteiger partial charge in [0.25, 0.3) is 0 Å². The number of nitrogens with two attached hydrogens (primary N) is 1. The molecule has 4 aromatic rings. The van der Waals surface area contributed by atoms with E-state index in [1.54, 1.807) is 28.6 Å². The van der Waals surface area contributed by atoms with Crippen molar-refractivity contribution in [2.24, 2.45) is 7.05 Å². The molecule has 0 aliphatic carbocycles. The van der Waals surface area contributed by atoms with Gasteiger partial charge >= 0.3 is 0 Å². The highest BCUT2D eigenvalue weighted by Gasteiger charge is 2.17. The number of nitrogens with zero attached hydrogens (tertiary/aromatic N) is 5. The molecule has 0 fully saturated rings. The molecule has 3 N–H and O–H groups in total. The maximum atomic E-state index is 13.7. The van der Waals surface area contributed by atoms with Gasteiger partial charge in [-0.2, -0.15) is 5.10 Å². The summed E-state index contributed by atoms with van der Waals surface area (Å²) in [6.07, 6.45) is 3.10. The molecule has 0 atom stereocenters. The van der Waals surface area contributed by atoms with E-state index in [1.807, 2.05) is 0 Å². The quantitative estimate of drug-likeness (QED) is 0.558. The number of hydrogen-bond donors (Lipinski definition) is 2. The lowest BCUT2D eigenvalue weighted by Crippen LogP contribution is -1.97. The molecule has 8 heteroatoms. The Kier molecular flexibility index (Phi) is 2.38. The average molecular weight is 298 g/mol. The van der Waals surface area contributed by atoms with E-state index >= 15 is 0 Å². The minimum Gasteiger partial charge on any atom is -0.505 e. The van der Waals surface area contributed by atoms with E-state index in [4.69, 9.17) is 5.73 Å². The lowest BCUT2D eigenvalue weighted by molar-refractivity contribution is 0.433. The molecule has 3 heterocycles. The predicted octanol–water partition coefficient (Wildman–Crippen LogP) is 1.73. The first-order valence-corrected chi connectivity index (χ1v) is 6.49. The Balaban J connectivity index is 2.10. The van der Waals surface area contributed by atoms with Gasteiger partial charge in [-0.05, 0) is 12.1 Å². The van der Waals surface area contributed by atoms with Gasteiger partial charge in [0.15, 0.2) is 23.0 Å². The molecule has 0 aliphatic heterocycles. The molecule has 7 nitrogen and oxygen atoms in total. The van der Waals surface area contributed by atoms with Crippen molar-refractivity contribution in [2.45, 2.75) is 0 Å². The van der Waals surface area contributed by atoms with Crippen molar-refractivity contribution >= 4 is 27.8 Å². The molecule has 110 valence electrons. The van der Waals surface area contributed by atoms with Crippen LogP contribution in [0.5, 0.6) is 5.75 Å². The first-order valence-electron chi connectivity index (χ1n) is 6.49. The van der Waals surface area contributed by atoms with Crippen molar-refractivity contribution in [1.82, 2.24) is 24.3 Å². The summed E-state index contributed by atoms with van der Waals surface area (Å²) < 4.78 is 17.0. The van der Waals surface area contributed by atoms with Gasteiger partial charge in [0.2, 0.25) is 0 Å². The zero-order valence-corrected chi connectivity index (χ0v) is 11.5. The number of phenolic OH excluding ortho intramolecular Hbond substituents is 1. The number of fused-ring (bicyclic) bond motifs is 2. The number of benzene rings is 1. The van der Waals surface area contributed by atoms with Crippen LogP contribution < -0.4 is 5.73 Å². The van der Waals surface area contributed by atoms with E-state index in [0.717, 1.165) is 0 Å². The topological polar surface area (TPSA) is 94.8 Å². The number of aromatic hydroxyl groups is 1. The summed E-state index contributed by atoms with van der Waals surface area (Å²) >= 11 is 0. The van der Waals surface area contributed by atoms with E-state index in [1.165, 1.54) is 18.5 Å². The minimum atomic E-state index is -0.697. The summed E-state index contributed by atoms with van der Waals surface area (Å²) in [6.45, 7) is 0. The lowest BCUT2D eigenvalue weighted by Gasteiger charge is -2.04. The predicted molar refractivity (Wildman–Crippen MR) is 79.2 cm³/mol. The molecule has 22 heavy (non-hydrogen) atoms. The van der Waals surface area contributed by atoms with E-state index in [2.05, 4.69) is 15.1 Å². The molecule has 0 radical (unpaired) electrons. The van der Waals surface area contributed by atoms with Crippen LogP contribution in [0.25, 0.3) is 27.8 Å². The lowest BCUT2D eigenvalue weighted by atomic mass is 10.2. The second-order valence-corrected chi connectivity index (χ2v) is 4.95. The van der Waals surface area contributed by atoms with Crippen LogP contribution in [0.2, 0.25) is 0 Å². The fourth-order valence-corrected chi connectivity index (χ4v) is 2.59. The van der Waals surface area contributed by atoms with E-state index in [0.29, 0.717) is 33.6 Å². The Morgan fingerprint density at radius 2 is 2.09 bits per heavy atom. The standard InChI is InChI=1S/C14H11FN6O/c1-20-13-11(12(16)17-6-18-13)14(19-20)21-3-2-7-4-10(22)8(15)5-9(7)21/h2-6,22H,1H3,(H2,16,17,18). The van der Waals surface area contributed by atoms with Crippen molar-refractivity contribution < 1.29 is 9.50 Å². The molecule has 4 rings (SSSR count). The van der Waals surface area contributed by atoms with Crippen LogP contribution in [0.15, 0.2) is 30.7 Å². The summed E-state index contributed by atoms with van der Waals surface area (Å²) in [5.74, 6) is -0.277. The molecular weight excluding hydrogens is 287 g/mol. The molecular formula is C14H11FN6O. The van der Waals surface area contributed by atoms with Gasteiger partial charge in [-0.3, -0.25) is 4.57 Å². The van der Waals surface area contributed by atoms with Crippen molar-refractivity contribution in [3.05, 3.63) is 36.5 Å². The molecule has 0 amide bonds. The zero-order valence-electron chi connectivity index (χ0n) is 11.5. The monoisotopic (exact) mass is 298 g/mol. The fourth-order valence-electron chi connectivity index (χ4n) is 2.59. The summed E-state index contributed by atoms with van der Waals surface area (Å²) in [5, 5.41) is 15.2. The molecule has 0 saturated carbocycles. The van der Waals surface area contributed by atoms with Gasteiger partial charge < -0.3 is 10.8 Å². The molecule has 0 unspecified atom stereocenters. The van der Waals surface area contributed by atoms with Crippen LogP contribution in [-0.4, -0.2) is 29.4 Å². The normalized spacial score (nSPS) is 11.5. The molecule has 1 aromatic carbocycles. The van der Waals surface area contributed by atoms with Crippen molar-refractivity contribution in [3.63, 3.8) is 0 Å². The average Bonchev–Trinajstić information content (AvgIpc) is 3.02. The number of aryl methyl sites for hydroxylation is 1. The van der Waals surface area contributed by atoms with Crippen LogP contribution in [-0.2, 0) is 7.05 Å². The van der Waals surface area contributed by atoms with E-state index < -0.39 is 5.82 Å². The Morgan fingerprint density at radius 1 is 1.27 bits per heavy atom. The minimum absolute atomic E-state index is 0.300. The maximum absolute atomic E-state index is 13.7. The third-order valence-corrected chi connectivity index (χ3v) is 3.62. The van der Waals surface area contributed by atoms with Crippen molar-refractivity contribution in [3.8, 4) is 11.6 Å². The highest BCUT2D eigenvalue weighted by atomic mass is 19.1. The smallest absolute Gasteiger partial charge is 0.172 e. The number of anilines is 1. The number of aromatic nitrogens is 5. The van der Waals surface area contributed by atoms with Gasteiger partial charge in [0, 0.05) is 24.7 Å². The summed E-state index contributed by atoms with van der Waals surface area (Å²) in [7, 11) is 1.75.